The van der Waals surface area contributed by atoms with Crippen molar-refractivity contribution in [1.82, 2.24) is 0 Å². The summed E-state index contributed by atoms with van der Waals surface area (Å²) in [4.78, 5) is 11.3. The Kier molecular flexibility index (Phi) is 11.6. The molecule has 3 unspecified atom stereocenters. The van der Waals surface area contributed by atoms with Gasteiger partial charge in [0.25, 0.3) is 0 Å². The second-order valence-electron chi connectivity index (χ2n) is 9.03. The summed E-state index contributed by atoms with van der Waals surface area (Å²) in [6.07, 6.45) is -58.0. The van der Waals surface area contributed by atoms with Gasteiger partial charge in [0.15, 0.2) is 0 Å². The van der Waals surface area contributed by atoms with Gasteiger partial charge >= 0.3 is 73.6 Å². The van der Waals surface area contributed by atoms with Crippen LogP contribution in [0.2, 0.25) is 0 Å². The van der Waals surface area contributed by atoms with E-state index in [0.717, 1.165) is 10.1 Å². The standard InChI is InChI=1S/C19H9BF23NO6/c1-5(45)44-7-4-2-3-6(20(46)47)8(7)9(21,13(26,27)28)48-18(40,41)11(24,15(32,33)34)50-19(42,43)12(25,16(35,36)37)49-17(38,39)10(22,23)14(29,30)31/h2-4,46-47H,1H3,(H,44,45). The molecule has 0 saturated heterocycles. The number of halogens is 23. The summed E-state index contributed by atoms with van der Waals surface area (Å²) in [5, 5.41) is 19.6. The van der Waals surface area contributed by atoms with Crippen LogP contribution in [0.4, 0.5) is 107 Å². The first-order chi connectivity index (χ1) is 21.6. The molecule has 3 atom stereocenters. The first kappa shape index (κ1) is 45.0. The molecule has 1 aromatic carbocycles. The maximum absolute atomic E-state index is 15.6. The third kappa shape index (κ3) is 7.73. The monoisotopic (exact) mass is 795 g/mol. The summed E-state index contributed by atoms with van der Waals surface area (Å²) in [5.41, 5.74) is -7.17. The Balaban J connectivity index is 4.16. The fraction of sp³-hybridized carbons (Fsp3) is 0.632. The van der Waals surface area contributed by atoms with Crippen molar-refractivity contribution in [2.75, 3.05) is 5.32 Å². The lowest BCUT2D eigenvalue weighted by Crippen LogP contribution is -2.70. The summed E-state index contributed by atoms with van der Waals surface area (Å²) >= 11 is 0. The summed E-state index contributed by atoms with van der Waals surface area (Å²) in [6, 6.07) is 0.128. The van der Waals surface area contributed by atoms with Gasteiger partial charge < -0.3 is 15.4 Å². The molecule has 290 valence electrons. The molecule has 0 fully saturated rings. The second-order valence-corrected chi connectivity index (χ2v) is 9.03. The Hall–Kier alpha value is -3.06. The van der Waals surface area contributed by atoms with Crippen molar-refractivity contribution in [3.05, 3.63) is 23.8 Å². The van der Waals surface area contributed by atoms with Crippen LogP contribution < -0.4 is 10.8 Å². The van der Waals surface area contributed by atoms with Crippen molar-refractivity contribution in [3.8, 4) is 0 Å². The number of rotatable bonds is 12. The minimum atomic E-state index is -8.81. The molecule has 0 radical (unpaired) electrons. The van der Waals surface area contributed by atoms with Crippen molar-refractivity contribution in [2.24, 2.45) is 0 Å². The van der Waals surface area contributed by atoms with Crippen molar-refractivity contribution < 1.29 is 130 Å². The second kappa shape index (κ2) is 12.9. The largest absolute Gasteiger partial charge is 0.489 e. The zero-order valence-corrected chi connectivity index (χ0v) is 22.5. The van der Waals surface area contributed by atoms with Crippen LogP contribution in [-0.2, 0) is 24.9 Å². The first-order valence-electron chi connectivity index (χ1n) is 11.3. The van der Waals surface area contributed by atoms with Crippen LogP contribution >= 0.6 is 0 Å². The number of carbonyl (C=O) groups is 1. The molecule has 7 nitrogen and oxygen atoms in total. The normalized spacial score (nSPS) is 18.2. The predicted molar refractivity (Wildman–Crippen MR) is 108 cm³/mol. The van der Waals surface area contributed by atoms with Gasteiger partial charge in [-0.15, -0.1) is 0 Å². The van der Waals surface area contributed by atoms with Crippen LogP contribution in [0.5, 0.6) is 0 Å². The van der Waals surface area contributed by atoms with Crippen molar-refractivity contribution in [3.63, 3.8) is 0 Å². The molecule has 3 N–H and O–H groups in total. The molecule has 1 amide bonds. The van der Waals surface area contributed by atoms with Crippen molar-refractivity contribution >= 4 is 24.2 Å². The highest BCUT2D eigenvalue weighted by molar-refractivity contribution is 6.59. The molecule has 0 aliphatic carbocycles. The van der Waals surface area contributed by atoms with Gasteiger partial charge in [-0.2, -0.15) is 101 Å². The van der Waals surface area contributed by atoms with Gasteiger partial charge in [-0.05, 0) is 11.5 Å². The highest BCUT2D eigenvalue weighted by Gasteiger charge is 2.88. The molecular formula is C19H9BF23NO6. The number of ether oxygens (including phenoxy) is 3. The molecule has 1 rings (SSSR count). The Morgan fingerprint density at radius 2 is 0.960 bits per heavy atom. The number of nitrogens with one attached hydrogen (secondary N) is 1. The minimum Gasteiger partial charge on any atom is -0.423 e. The molecule has 0 saturated carbocycles. The number of anilines is 1. The van der Waals surface area contributed by atoms with Crippen LogP contribution in [0.1, 0.15) is 12.5 Å². The van der Waals surface area contributed by atoms with Crippen molar-refractivity contribution in [1.29, 1.82) is 0 Å². The van der Waals surface area contributed by atoms with Gasteiger partial charge in [-0.1, -0.05) is 12.1 Å². The lowest BCUT2D eigenvalue weighted by molar-refractivity contribution is -0.580. The molecule has 0 aromatic heterocycles. The quantitative estimate of drug-likeness (QED) is 0.166. The van der Waals surface area contributed by atoms with E-state index in [9.17, 15) is 111 Å². The van der Waals surface area contributed by atoms with E-state index in [1.807, 2.05) is 0 Å². The molecule has 0 aliphatic heterocycles. The lowest BCUT2D eigenvalue weighted by atomic mass is 9.74. The van der Waals surface area contributed by atoms with Gasteiger partial charge in [0.1, 0.15) is 0 Å². The van der Waals surface area contributed by atoms with E-state index in [1.165, 1.54) is 4.74 Å². The molecule has 0 heterocycles. The lowest BCUT2D eigenvalue weighted by Gasteiger charge is -2.43. The summed E-state index contributed by atoms with van der Waals surface area (Å²) in [6.45, 7) is 0.307. The maximum Gasteiger partial charge on any atom is 0.489 e. The van der Waals surface area contributed by atoms with Gasteiger partial charge in [0.2, 0.25) is 5.91 Å². The average Bonchev–Trinajstić information content (AvgIpc) is 2.84. The van der Waals surface area contributed by atoms with E-state index in [4.69, 9.17) is 0 Å². The highest BCUT2D eigenvalue weighted by Crippen LogP contribution is 2.60. The molecular weight excluding hydrogens is 786 g/mol. The first-order valence-corrected chi connectivity index (χ1v) is 11.3. The predicted octanol–water partition coefficient (Wildman–Crippen LogP) is 6.49. The zero-order valence-electron chi connectivity index (χ0n) is 22.5. The summed E-state index contributed by atoms with van der Waals surface area (Å²) in [7, 11) is -3.60. The topological polar surface area (TPSA) is 97.3 Å². The molecule has 0 aliphatic rings. The third-order valence-corrected chi connectivity index (χ3v) is 5.38. The molecule has 0 bridgehead atoms. The molecule has 0 spiro atoms. The number of hydrogen-bond donors (Lipinski definition) is 3. The van der Waals surface area contributed by atoms with E-state index < -0.39 is 96.3 Å². The highest BCUT2D eigenvalue weighted by atomic mass is 19.4. The fourth-order valence-corrected chi connectivity index (χ4v) is 3.14. The Labute approximate surface area is 258 Å². The van der Waals surface area contributed by atoms with Crippen LogP contribution in [0, 0.1) is 0 Å². The zero-order chi connectivity index (χ0) is 40.3. The van der Waals surface area contributed by atoms with Gasteiger partial charge in [0.05, 0.1) is 0 Å². The van der Waals surface area contributed by atoms with Gasteiger partial charge in [-0.25, -0.2) is 0 Å². The maximum atomic E-state index is 15.6. The van der Waals surface area contributed by atoms with Crippen LogP contribution in [-0.4, -0.2) is 83.7 Å². The van der Waals surface area contributed by atoms with Crippen LogP contribution in [0.3, 0.4) is 0 Å². The van der Waals surface area contributed by atoms with E-state index in [1.54, 1.807) is 0 Å². The van der Waals surface area contributed by atoms with Crippen LogP contribution in [0.15, 0.2) is 18.2 Å². The van der Waals surface area contributed by atoms with E-state index in [0.29, 0.717) is 13.0 Å². The molecule has 31 heteroatoms. The smallest absolute Gasteiger partial charge is 0.423 e. The molecule has 1 aromatic rings. The van der Waals surface area contributed by atoms with Gasteiger partial charge in [0, 0.05) is 18.2 Å². The number of amides is 1. The van der Waals surface area contributed by atoms with E-state index in [2.05, 4.69) is 4.74 Å². The van der Waals surface area contributed by atoms with Crippen molar-refractivity contribution in [2.45, 2.75) is 73.4 Å². The Morgan fingerprint density at radius 1 is 0.580 bits per heavy atom. The minimum absolute atomic E-state index is 0.0314. The Morgan fingerprint density at radius 3 is 1.28 bits per heavy atom. The molecule has 50 heavy (non-hydrogen) atoms. The van der Waals surface area contributed by atoms with E-state index >= 15 is 4.39 Å². The van der Waals surface area contributed by atoms with Gasteiger partial charge in [-0.3, -0.25) is 19.0 Å². The summed E-state index contributed by atoms with van der Waals surface area (Å²) < 4.78 is 318. The third-order valence-electron chi connectivity index (χ3n) is 5.38. The number of carbonyl (C=O) groups excluding carboxylic acids is 1. The van der Waals surface area contributed by atoms with E-state index in [-0.39, 0.29) is 12.1 Å². The fourth-order valence-electron chi connectivity index (χ4n) is 3.14. The Bertz CT molecular complexity index is 1390. The SMILES string of the molecule is CC(=O)Nc1cccc(B(O)O)c1C(F)(OC(F)(F)C(F)(OC(F)(F)C(F)(OC(F)(F)C(F)(F)C(F)(F)F)C(F)(F)F)C(F)(F)F)C(F)(F)F. The number of benzene rings is 1. The van der Waals surface area contributed by atoms with Crippen LogP contribution in [0.25, 0.3) is 0 Å². The average molecular weight is 795 g/mol. The number of alkyl halides is 23. The summed E-state index contributed by atoms with van der Waals surface area (Å²) in [5.74, 6) is -34.4. The number of hydrogen-bond acceptors (Lipinski definition) is 6.